The maximum atomic E-state index is 12.8. The van der Waals surface area contributed by atoms with Crippen LogP contribution in [0.5, 0.6) is 0 Å². The van der Waals surface area contributed by atoms with Crippen LogP contribution in [0.25, 0.3) is 0 Å². The Morgan fingerprint density at radius 3 is 2.42 bits per heavy atom. The molecule has 2 aromatic rings. The second kappa shape index (κ2) is 7.40. The Bertz CT molecular complexity index is 820. The van der Waals surface area contributed by atoms with Gasteiger partial charge in [-0.25, -0.2) is 4.57 Å². The number of anilines is 2. The van der Waals surface area contributed by atoms with Gasteiger partial charge in [0.15, 0.2) is 17.3 Å². The maximum Gasteiger partial charge on any atom is 0.284 e. The van der Waals surface area contributed by atoms with E-state index < -0.39 is 10.0 Å². The largest absolute Gasteiger partial charge is 0.372 e. The van der Waals surface area contributed by atoms with Gasteiger partial charge in [0.1, 0.15) is 7.05 Å². The van der Waals surface area contributed by atoms with Crippen molar-refractivity contribution in [1.82, 2.24) is 0 Å². The third-order valence-electron chi connectivity index (χ3n) is 3.93. The quantitative estimate of drug-likeness (QED) is 0.581. The summed E-state index contributed by atoms with van der Waals surface area (Å²) < 4.78 is 28.2. The van der Waals surface area contributed by atoms with E-state index in [0.29, 0.717) is 5.69 Å². The van der Waals surface area contributed by atoms with Crippen LogP contribution < -0.4 is 13.3 Å². The van der Waals surface area contributed by atoms with Crippen LogP contribution in [-0.4, -0.2) is 21.5 Å². The maximum absolute atomic E-state index is 12.8. The van der Waals surface area contributed by atoms with E-state index in [2.05, 4.69) is 18.7 Å². The Kier molecular flexibility index (Phi) is 5.72. The molecule has 0 saturated heterocycles. The summed E-state index contributed by atoms with van der Waals surface area (Å²) in [7, 11) is -2.07. The van der Waals surface area contributed by atoms with E-state index in [4.69, 9.17) is 11.8 Å². The van der Waals surface area contributed by atoms with Crippen LogP contribution >= 0.6 is 11.8 Å². The molecule has 1 aromatic heterocycles. The van der Waals surface area contributed by atoms with Gasteiger partial charge in [-0.15, -0.1) is 0 Å². The molecule has 0 saturated carbocycles. The minimum atomic E-state index is -3.83. The lowest BCUT2D eigenvalue weighted by Crippen LogP contribution is -2.30. The number of aryl methyl sites for hydroxylation is 2. The van der Waals surface area contributed by atoms with Gasteiger partial charge in [-0.05, 0) is 44.5 Å². The van der Waals surface area contributed by atoms with E-state index in [1.807, 2.05) is 25.1 Å². The van der Waals surface area contributed by atoms with Gasteiger partial charge in [-0.1, -0.05) is 6.07 Å². The summed E-state index contributed by atoms with van der Waals surface area (Å²) in [5.74, 6) is 0. The molecule has 130 valence electrons. The summed E-state index contributed by atoms with van der Waals surface area (Å²) in [5.41, 5.74) is 2.21. The summed E-state index contributed by atoms with van der Waals surface area (Å²) >= 11 is 6.27. The molecule has 1 aromatic carbocycles. The van der Waals surface area contributed by atoms with Crippen LogP contribution in [0.1, 0.15) is 19.4 Å². The molecule has 1 heterocycles. The lowest BCUT2D eigenvalue weighted by atomic mass is 10.1. The molecule has 0 fully saturated rings. The molecule has 24 heavy (non-hydrogen) atoms. The molecular formula is C17H23ClN3O2S+. The molecule has 0 radical (unpaired) electrons. The molecule has 0 bridgehead atoms. The Morgan fingerprint density at radius 1 is 1.17 bits per heavy atom. The zero-order valence-electron chi connectivity index (χ0n) is 14.4. The standard InChI is InChI=1S/C17H23ClN3O2S/c1-5-20(6-2)15-10-9-14(3)17(12-15)21(18)24(22,23)16-8-7-11-19(4)13-16/h7-13H,5-6H2,1-4H3/q+1. The highest BCUT2D eigenvalue weighted by Crippen LogP contribution is 2.32. The van der Waals surface area contributed by atoms with Crippen molar-refractivity contribution < 1.29 is 13.0 Å². The van der Waals surface area contributed by atoms with E-state index in [0.717, 1.165) is 28.2 Å². The van der Waals surface area contributed by atoms with Gasteiger partial charge in [0, 0.05) is 36.6 Å². The van der Waals surface area contributed by atoms with Crippen molar-refractivity contribution in [1.29, 1.82) is 0 Å². The molecule has 0 unspecified atom stereocenters. The number of hydrogen-bond donors (Lipinski definition) is 0. The Balaban J connectivity index is 2.48. The number of hydrogen-bond acceptors (Lipinski definition) is 3. The van der Waals surface area contributed by atoms with E-state index in [9.17, 15) is 8.42 Å². The number of halogens is 1. The predicted molar refractivity (Wildman–Crippen MR) is 97.9 cm³/mol. The SMILES string of the molecule is CCN(CC)c1ccc(C)c(N(Cl)S(=O)(=O)c2ccc[n+](C)c2)c1. The second-order valence-electron chi connectivity index (χ2n) is 5.57. The fourth-order valence-corrected chi connectivity index (χ4v) is 4.12. The first kappa shape index (κ1) is 18.5. The highest BCUT2D eigenvalue weighted by atomic mass is 35.5. The molecule has 0 aliphatic heterocycles. The van der Waals surface area contributed by atoms with Crippen molar-refractivity contribution in [2.24, 2.45) is 7.05 Å². The number of nitrogens with zero attached hydrogens (tertiary/aromatic N) is 3. The normalized spacial score (nSPS) is 11.4. The van der Waals surface area contributed by atoms with Gasteiger partial charge in [-0.3, -0.25) is 0 Å². The first-order valence-corrected chi connectivity index (χ1v) is 9.61. The van der Waals surface area contributed by atoms with Crippen LogP contribution in [0.2, 0.25) is 0 Å². The second-order valence-corrected chi connectivity index (χ2v) is 7.89. The third-order valence-corrected chi connectivity index (χ3v) is 6.12. The first-order chi connectivity index (χ1) is 11.3. The average Bonchev–Trinajstić information content (AvgIpc) is 2.56. The minimum absolute atomic E-state index is 0.148. The molecule has 7 heteroatoms. The van der Waals surface area contributed by atoms with Crippen LogP contribution in [0.4, 0.5) is 11.4 Å². The monoisotopic (exact) mass is 368 g/mol. The van der Waals surface area contributed by atoms with Crippen molar-refractivity contribution in [3.05, 3.63) is 48.3 Å². The Labute approximate surface area is 149 Å². The molecule has 2 rings (SSSR count). The molecule has 0 spiro atoms. The number of aromatic nitrogens is 1. The van der Waals surface area contributed by atoms with Crippen LogP contribution in [-0.2, 0) is 17.1 Å². The van der Waals surface area contributed by atoms with E-state index in [1.165, 1.54) is 12.3 Å². The van der Waals surface area contributed by atoms with Gasteiger partial charge in [0.05, 0.1) is 5.69 Å². The molecule has 0 N–H and O–H groups in total. The van der Waals surface area contributed by atoms with Gasteiger partial charge >= 0.3 is 0 Å². The van der Waals surface area contributed by atoms with Gasteiger partial charge in [-0.2, -0.15) is 12.2 Å². The summed E-state index contributed by atoms with van der Waals surface area (Å²) in [6, 6.07) is 8.89. The van der Waals surface area contributed by atoms with Crippen molar-refractivity contribution in [3.63, 3.8) is 0 Å². The Morgan fingerprint density at radius 2 is 1.83 bits per heavy atom. The van der Waals surface area contributed by atoms with Crippen molar-refractivity contribution >= 4 is 33.2 Å². The van der Waals surface area contributed by atoms with Crippen molar-refractivity contribution in [2.45, 2.75) is 25.7 Å². The number of pyridine rings is 1. The highest BCUT2D eigenvalue weighted by molar-refractivity contribution is 7.94. The summed E-state index contributed by atoms with van der Waals surface area (Å²) in [5, 5.41) is 0. The smallest absolute Gasteiger partial charge is 0.284 e. The average molecular weight is 369 g/mol. The predicted octanol–water partition coefficient (Wildman–Crippen LogP) is 3.01. The van der Waals surface area contributed by atoms with Crippen LogP contribution in [0.15, 0.2) is 47.6 Å². The third kappa shape index (κ3) is 3.65. The molecule has 0 aliphatic carbocycles. The van der Waals surface area contributed by atoms with Gasteiger partial charge < -0.3 is 4.90 Å². The summed E-state index contributed by atoms with van der Waals surface area (Å²) in [6.45, 7) is 7.63. The fourth-order valence-electron chi connectivity index (χ4n) is 2.51. The topological polar surface area (TPSA) is 44.5 Å². The number of rotatable bonds is 6. The van der Waals surface area contributed by atoms with E-state index in [1.54, 1.807) is 23.9 Å². The Hall–Kier alpha value is -1.79. The van der Waals surface area contributed by atoms with Gasteiger partial charge in [0.2, 0.25) is 0 Å². The number of benzene rings is 1. The van der Waals surface area contributed by atoms with Crippen molar-refractivity contribution in [2.75, 3.05) is 21.8 Å². The molecule has 5 nitrogen and oxygen atoms in total. The minimum Gasteiger partial charge on any atom is -0.372 e. The summed E-state index contributed by atoms with van der Waals surface area (Å²) in [6.07, 6.45) is 3.30. The number of sulfonamides is 1. The molecule has 0 atom stereocenters. The van der Waals surface area contributed by atoms with Crippen molar-refractivity contribution in [3.8, 4) is 0 Å². The molecular weight excluding hydrogens is 346 g/mol. The van der Waals surface area contributed by atoms with E-state index in [-0.39, 0.29) is 4.90 Å². The van der Waals surface area contributed by atoms with Gasteiger partial charge in [0.25, 0.3) is 10.0 Å². The first-order valence-electron chi connectivity index (χ1n) is 7.83. The van der Waals surface area contributed by atoms with Crippen LogP contribution in [0.3, 0.4) is 0 Å². The lowest BCUT2D eigenvalue weighted by Gasteiger charge is -2.24. The molecule has 0 amide bonds. The van der Waals surface area contributed by atoms with E-state index >= 15 is 0 Å². The van der Waals surface area contributed by atoms with Crippen LogP contribution in [0, 0.1) is 6.92 Å². The zero-order chi connectivity index (χ0) is 17.9. The zero-order valence-corrected chi connectivity index (χ0v) is 16.0. The summed E-state index contributed by atoms with van der Waals surface area (Å²) in [4.78, 5) is 2.29. The molecule has 0 aliphatic rings. The fraction of sp³-hybridized carbons (Fsp3) is 0.353. The highest BCUT2D eigenvalue weighted by Gasteiger charge is 2.27. The lowest BCUT2D eigenvalue weighted by molar-refractivity contribution is -0.673.